The molecule has 1 amide bonds. The average Bonchev–Trinajstić information content (AvgIpc) is 3.03. The summed E-state index contributed by atoms with van der Waals surface area (Å²) in [4.78, 5) is 12.1. The molecule has 0 unspecified atom stereocenters. The molecular weight excluding hydrogens is 230 g/mol. The highest BCUT2D eigenvalue weighted by molar-refractivity contribution is 5.79. The van der Waals surface area contributed by atoms with Crippen LogP contribution in [0.4, 0.5) is 0 Å². The Morgan fingerprint density at radius 1 is 1.61 bits per heavy atom. The van der Waals surface area contributed by atoms with E-state index in [1.165, 1.54) is 0 Å². The second-order valence-corrected chi connectivity index (χ2v) is 4.78. The van der Waals surface area contributed by atoms with Gasteiger partial charge in [0.2, 0.25) is 5.91 Å². The molecule has 2 rings (SSSR count). The normalized spacial score (nSPS) is 23.2. The summed E-state index contributed by atoms with van der Waals surface area (Å²) in [5, 5.41) is 10.8. The Morgan fingerprint density at radius 2 is 2.44 bits per heavy atom. The quantitative estimate of drug-likeness (QED) is 0.787. The van der Waals surface area contributed by atoms with Gasteiger partial charge < -0.3 is 15.6 Å². The van der Waals surface area contributed by atoms with Crippen LogP contribution in [0.1, 0.15) is 32.0 Å². The van der Waals surface area contributed by atoms with Crippen LogP contribution in [0.25, 0.3) is 0 Å². The van der Waals surface area contributed by atoms with Crippen LogP contribution in [0.3, 0.4) is 0 Å². The Labute approximate surface area is 107 Å². The van der Waals surface area contributed by atoms with Gasteiger partial charge in [0.1, 0.15) is 6.33 Å². The zero-order valence-electron chi connectivity index (χ0n) is 10.8. The van der Waals surface area contributed by atoms with Gasteiger partial charge in [-0.2, -0.15) is 0 Å². The van der Waals surface area contributed by atoms with E-state index >= 15 is 0 Å². The number of amides is 1. The zero-order chi connectivity index (χ0) is 13.0. The van der Waals surface area contributed by atoms with Gasteiger partial charge in [0, 0.05) is 12.5 Å². The van der Waals surface area contributed by atoms with E-state index in [2.05, 4.69) is 15.5 Å². The highest BCUT2D eigenvalue weighted by Gasteiger charge is 2.31. The van der Waals surface area contributed by atoms with Gasteiger partial charge in [-0.3, -0.25) is 4.79 Å². The maximum Gasteiger partial charge on any atom is 0.223 e. The molecule has 1 aromatic rings. The Morgan fingerprint density at radius 3 is 3.17 bits per heavy atom. The highest BCUT2D eigenvalue weighted by atomic mass is 16.1. The van der Waals surface area contributed by atoms with Crippen molar-refractivity contribution in [1.29, 1.82) is 0 Å². The molecule has 0 saturated heterocycles. The lowest BCUT2D eigenvalue weighted by Gasteiger charge is -2.17. The van der Waals surface area contributed by atoms with Crippen LogP contribution < -0.4 is 11.1 Å². The average molecular weight is 251 g/mol. The number of nitrogens with one attached hydrogen (secondary N) is 1. The predicted octanol–water partition coefficient (Wildman–Crippen LogP) is 0.289. The molecule has 1 aromatic heterocycles. The molecule has 0 aliphatic heterocycles. The first-order valence-corrected chi connectivity index (χ1v) is 6.60. The van der Waals surface area contributed by atoms with E-state index in [9.17, 15) is 4.79 Å². The van der Waals surface area contributed by atoms with Gasteiger partial charge in [-0.1, -0.05) is 6.42 Å². The van der Waals surface area contributed by atoms with Crippen LogP contribution >= 0.6 is 0 Å². The molecule has 18 heavy (non-hydrogen) atoms. The summed E-state index contributed by atoms with van der Waals surface area (Å²) in [5.41, 5.74) is 5.69. The summed E-state index contributed by atoms with van der Waals surface area (Å²) in [6.07, 6.45) is 4.80. The summed E-state index contributed by atoms with van der Waals surface area (Å²) in [5.74, 6) is 1.32. The molecule has 6 heteroatoms. The molecule has 1 heterocycles. The molecular formula is C12H21N5O. The van der Waals surface area contributed by atoms with E-state index in [-0.39, 0.29) is 11.8 Å². The Hall–Kier alpha value is -1.43. The molecule has 100 valence electrons. The Balaban J connectivity index is 1.88. The molecule has 6 nitrogen and oxygen atoms in total. The molecule has 3 N–H and O–H groups in total. The standard InChI is InChI=1S/C12H21N5O/c1-2-17-8-15-16-11(17)7-14-12(18)10-5-3-4-9(10)6-13/h8-10H,2-7,13H2,1H3,(H,14,18)/t9-,10-/m1/s1. The third-order valence-corrected chi connectivity index (χ3v) is 3.76. The minimum absolute atomic E-state index is 0.0768. The van der Waals surface area contributed by atoms with Crippen molar-refractivity contribution in [3.8, 4) is 0 Å². The second kappa shape index (κ2) is 5.95. The van der Waals surface area contributed by atoms with Crippen molar-refractivity contribution in [3.63, 3.8) is 0 Å². The van der Waals surface area contributed by atoms with Crippen molar-refractivity contribution in [2.45, 2.75) is 39.3 Å². The van der Waals surface area contributed by atoms with Gasteiger partial charge in [0.25, 0.3) is 0 Å². The van der Waals surface area contributed by atoms with Crippen LogP contribution in [0.2, 0.25) is 0 Å². The van der Waals surface area contributed by atoms with E-state index in [4.69, 9.17) is 5.73 Å². The largest absolute Gasteiger partial charge is 0.349 e. The van der Waals surface area contributed by atoms with Crippen molar-refractivity contribution < 1.29 is 4.79 Å². The maximum absolute atomic E-state index is 12.1. The number of hydrogen-bond acceptors (Lipinski definition) is 4. The summed E-state index contributed by atoms with van der Waals surface area (Å²) in [6.45, 7) is 3.88. The van der Waals surface area contributed by atoms with Crippen LogP contribution in [0.5, 0.6) is 0 Å². The van der Waals surface area contributed by atoms with Gasteiger partial charge in [-0.05, 0) is 32.2 Å². The third-order valence-electron chi connectivity index (χ3n) is 3.76. The van der Waals surface area contributed by atoms with E-state index in [0.29, 0.717) is 19.0 Å². The zero-order valence-corrected chi connectivity index (χ0v) is 10.8. The van der Waals surface area contributed by atoms with Crippen molar-refractivity contribution >= 4 is 5.91 Å². The van der Waals surface area contributed by atoms with Crippen LogP contribution in [-0.4, -0.2) is 27.2 Å². The fourth-order valence-corrected chi connectivity index (χ4v) is 2.64. The van der Waals surface area contributed by atoms with Gasteiger partial charge in [0.05, 0.1) is 6.54 Å². The number of hydrogen-bond donors (Lipinski definition) is 2. The van der Waals surface area contributed by atoms with Crippen molar-refractivity contribution in [2.75, 3.05) is 6.54 Å². The van der Waals surface area contributed by atoms with Crippen LogP contribution in [-0.2, 0) is 17.9 Å². The summed E-state index contributed by atoms with van der Waals surface area (Å²) in [7, 11) is 0. The molecule has 0 bridgehead atoms. The topological polar surface area (TPSA) is 85.8 Å². The van der Waals surface area contributed by atoms with Crippen molar-refractivity contribution in [1.82, 2.24) is 20.1 Å². The molecule has 0 spiro atoms. The first kappa shape index (κ1) is 13.0. The highest BCUT2D eigenvalue weighted by Crippen LogP contribution is 2.30. The lowest BCUT2D eigenvalue weighted by molar-refractivity contribution is -0.126. The number of carbonyl (C=O) groups excluding carboxylic acids is 1. The summed E-state index contributed by atoms with van der Waals surface area (Å²) >= 11 is 0. The molecule has 1 aliphatic carbocycles. The van der Waals surface area contributed by atoms with E-state index in [0.717, 1.165) is 31.6 Å². The summed E-state index contributed by atoms with van der Waals surface area (Å²) < 4.78 is 1.93. The minimum Gasteiger partial charge on any atom is -0.349 e. The smallest absolute Gasteiger partial charge is 0.223 e. The SMILES string of the molecule is CCn1cnnc1CNC(=O)[C@@H]1CCC[C@@H]1CN. The maximum atomic E-state index is 12.1. The monoisotopic (exact) mass is 251 g/mol. The third kappa shape index (κ3) is 2.69. The molecule has 2 atom stereocenters. The number of aromatic nitrogens is 3. The van der Waals surface area contributed by atoms with E-state index < -0.39 is 0 Å². The van der Waals surface area contributed by atoms with Crippen molar-refractivity contribution in [3.05, 3.63) is 12.2 Å². The number of nitrogens with zero attached hydrogens (tertiary/aromatic N) is 3. The molecule has 1 aliphatic rings. The molecule has 0 radical (unpaired) electrons. The Bertz CT molecular complexity index is 403. The van der Waals surface area contributed by atoms with Crippen LogP contribution in [0.15, 0.2) is 6.33 Å². The minimum atomic E-state index is 0.0768. The lowest BCUT2D eigenvalue weighted by atomic mass is 9.95. The number of nitrogens with two attached hydrogens (primary N) is 1. The molecule has 1 fully saturated rings. The summed E-state index contributed by atoms with van der Waals surface area (Å²) in [6, 6.07) is 0. The fourth-order valence-electron chi connectivity index (χ4n) is 2.64. The van der Waals surface area contributed by atoms with Crippen molar-refractivity contribution in [2.24, 2.45) is 17.6 Å². The van der Waals surface area contributed by atoms with E-state index in [1.54, 1.807) is 6.33 Å². The number of rotatable bonds is 5. The Kier molecular flexibility index (Phi) is 4.30. The molecule has 1 saturated carbocycles. The van der Waals surface area contributed by atoms with E-state index in [1.807, 2.05) is 11.5 Å². The van der Waals surface area contributed by atoms with Gasteiger partial charge in [-0.15, -0.1) is 10.2 Å². The second-order valence-electron chi connectivity index (χ2n) is 4.78. The van der Waals surface area contributed by atoms with Gasteiger partial charge in [-0.25, -0.2) is 0 Å². The number of carbonyl (C=O) groups is 1. The first-order valence-electron chi connectivity index (χ1n) is 6.60. The fraction of sp³-hybridized carbons (Fsp3) is 0.750. The van der Waals surface area contributed by atoms with Gasteiger partial charge in [0.15, 0.2) is 5.82 Å². The lowest BCUT2D eigenvalue weighted by Crippen LogP contribution is -2.35. The van der Waals surface area contributed by atoms with Gasteiger partial charge >= 0.3 is 0 Å². The van der Waals surface area contributed by atoms with Crippen LogP contribution in [0, 0.1) is 11.8 Å². The predicted molar refractivity (Wildman–Crippen MR) is 67.4 cm³/mol. The first-order chi connectivity index (χ1) is 8.76. The molecule has 0 aromatic carbocycles. The number of aryl methyl sites for hydroxylation is 1.